The van der Waals surface area contributed by atoms with Crippen molar-refractivity contribution in [1.29, 1.82) is 0 Å². The van der Waals surface area contributed by atoms with E-state index in [0.717, 1.165) is 5.69 Å². The summed E-state index contributed by atoms with van der Waals surface area (Å²) in [5.74, 6) is 0. The quantitative estimate of drug-likeness (QED) is 0.247. The van der Waals surface area contributed by atoms with E-state index in [1.54, 1.807) is 0 Å². The van der Waals surface area contributed by atoms with Crippen molar-refractivity contribution in [2.45, 2.75) is 0 Å². The first-order chi connectivity index (χ1) is 15.3. The molecule has 0 bridgehead atoms. The average molecular weight is 412 g/mol. The monoisotopic (exact) mass is 411 g/mol. The smallest absolute Gasteiger partial charge is 0.0702 e. The molecule has 2 aromatic heterocycles. The van der Waals surface area contributed by atoms with E-state index in [9.17, 15) is 0 Å². The number of fused-ring (bicyclic) bond motifs is 7. The van der Waals surface area contributed by atoms with Gasteiger partial charge in [0.2, 0.25) is 0 Å². The van der Waals surface area contributed by atoms with E-state index in [1.165, 1.54) is 58.1 Å². The average Bonchev–Trinajstić information content (AvgIpc) is 3.20. The molecule has 0 saturated carbocycles. The zero-order chi connectivity index (χ0) is 20.4. The van der Waals surface area contributed by atoms with Gasteiger partial charge in [0.05, 0.1) is 5.69 Å². The highest BCUT2D eigenvalue weighted by Crippen LogP contribution is 2.41. The third-order valence-corrected chi connectivity index (χ3v) is 7.44. The molecule has 0 aliphatic carbocycles. The first-order valence-electron chi connectivity index (χ1n) is 10.5. The summed E-state index contributed by atoms with van der Waals surface area (Å²) in [4.78, 5) is 4.52. The fraction of sp³-hybridized carbons (Fsp3) is 0. The van der Waals surface area contributed by atoms with Crippen LogP contribution in [0.1, 0.15) is 0 Å². The SMILES string of the molecule is c1ccc(-c2ccc3c(c2)sc2c4cc5cc6ccccc6cc5cc4ccc32)nc1. The number of nitrogens with zero attached hydrogens (tertiary/aromatic N) is 1. The van der Waals surface area contributed by atoms with Crippen LogP contribution in [0.4, 0.5) is 0 Å². The van der Waals surface area contributed by atoms with Crippen molar-refractivity contribution < 1.29 is 0 Å². The van der Waals surface area contributed by atoms with Crippen LogP contribution in [0.2, 0.25) is 0 Å². The van der Waals surface area contributed by atoms with Crippen molar-refractivity contribution in [3.63, 3.8) is 0 Å². The molecule has 0 amide bonds. The Balaban J connectivity index is 1.52. The highest BCUT2D eigenvalue weighted by Gasteiger charge is 2.11. The molecule has 0 saturated heterocycles. The van der Waals surface area contributed by atoms with Gasteiger partial charge in [-0.2, -0.15) is 0 Å². The van der Waals surface area contributed by atoms with Crippen LogP contribution in [0.5, 0.6) is 0 Å². The molecule has 2 heterocycles. The number of rotatable bonds is 1. The third-order valence-electron chi connectivity index (χ3n) is 6.24. The maximum absolute atomic E-state index is 4.52. The Morgan fingerprint density at radius 3 is 2.06 bits per heavy atom. The molecule has 0 unspecified atom stereocenters. The minimum absolute atomic E-state index is 1.02. The van der Waals surface area contributed by atoms with Gasteiger partial charge in [-0.1, -0.05) is 54.6 Å². The molecule has 0 atom stereocenters. The summed E-state index contributed by atoms with van der Waals surface area (Å²) in [6.07, 6.45) is 1.85. The molecule has 7 rings (SSSR count). The van der Waals surface area contributed by atoms with Gasteiger partial charge in [-0.15, -0.1) is 11.3 Å². The normalized spacial score (nSPS) is 11.9. The standard InChI is InChI=1S/C29H17NS/c1-2-6-19-14-23-16-26-20(15-22(23)13-18(19)5-1)8-11-25-24-10-9-21(17-28(24)31-29(25)26)27-7-3-4-12-30-27/h1-17H. The predicted molar refractivity (Wildman–Crippen MR) is 135 cm³/mol. The lowest BCUT2D eigenvalue weighted by Crippen LogP contribution is -1.80. The molecule has 0 aliphatic rings. The van der Waals surface area contributed by atoms with E-state index in [-0.39, 0.29) is 0 Å². The Labute approximate surface area is 183 Å². The highest BCUT2D eigenvalue weighted by molar-refractivity contribution is 7.26. The Morgan fingerprint density at radius 1 is 0.516 bits per heavy atom. The van der Waals surface area contributed by atoms with Crippen LogP contribution in [0.15, 0.2) is 103 Å². The molecule has 2 heteroatoms. The molecule has 0 N–H and O–H groups in total. The third kappa shape index (κ3) is 2.59. The predicted octanol–water partition coefficient (Wildman–Crippen LogP) is 8.58. The molecule has 0 fully saturated rings. The first-order valence-corrected chi connectivity index (χ1v) is 11.3. The number of hydrogen-bond donors (Lipinski definition) is 0. The molecular weight excluding hydrogens is 394 g/mol. The van der Waals surface area contributed by atoms with Crippen LogP contribution in [0.3, 0.4) is 0 Å². The topological polar surface area (TPSA) is 12.9 Å². The highest BCUT2D eigenvalue weighted by atomic mass is 32.1. The summed E-state index contributed by atoms with van der Waals surface area (Å²) in [7, 11) is 0. The van der Waals surface area contributed by atoms with E-state index in [0.29, 0.717) is 0 Å². The Hall–Kier alpha value is -3.75. The van der Waals surface area contributed by atoms with Crippen LogP contribution in [-0.4, -0.2) is 4.98 Å². The van der Waals surface area contributed by atoms with Crippen LogP contribution in [-0.2, 0) is 0 Å². The van der Waals surface area contributed by atoms with Gasteiger partial charge in [0.1, 0.15) is 0 Å². The molecule has 7 aromatic rings. The summed E-state index contributed by atoms with van der Waals surface area (Å²) in [5.41, 5.74) is 2.19. The first kappa shape index (κ1) is 17.0. The Kier molecular flexibility index (Phi) is 3.49. The summed E-state index contributed by atoms with van der Waals surface area (Å²) < 4.78 is 2.67. The lowest BCUT2D eigenvalue weighted by atomic mass is 9.98. The van der Waals surface area contributed by atoms with Crippen molar-refractivity contribution in [3.8, 4) is 11.3 Å². The zero-order valence-electron chi connectivity index (χ0n) is 16.7. The molecule has 0 spiro atoms. The molecule has 1 nitrogen and oxygen atoms in total. The van der Waals surface area contributed by atoms with Crippen molar-refractivity contribution in [2.24, 2.45) is 0 Å². The van der Waals surface area contributed by atoms with Gasteiger partial charge in [-0.05, 0) is 69.4 Å². The lowest BCUT2D eigenvalue weighted by Gasteiger charge is -2.06. The summed E-state index contributed by atoms with van der Waals surface area (Å²) in [6.45, 7) is 0. The summed E-state index contributed by atoms with van der Waals surface area (Å²) in [5, 5.41) is 10.5. The van der Waals surface area contributed by atoms with Gasteiger partial charge in [0.15, 0.2) is 0 Å². The fourth-order valence-corrected chi connectivity index (χ4v) is 5.96. The number of hydrogen-bond acceptors (Lipinski definition) is 2. The number of thiophene rings is 1. The Morgan fingerprint density at radius 2 is 1.26 bits per heavy atom. The van der Waals surface area contributed by atoms with Gasteiger partial charge in [0, 0.05) is 37.3 Å². The second kappa shape index (κ2) is 6.37. The van der Waals surface area contributed by atoms with Crippen LogP contribution < -0.4 is 0 Å². The molecule has 144 valence electrons. The van der Waals surface area contributed by atoms with Crippen molar-refractivity contribution >= 4 is 63.8 Å². The zero-order valence-corrected chi connectivity index (χ0v) is 17.5. The number of pyridine rings is 1. The van der Waals surface area contributed by atoms with E-state index >= 15 is 0 Å². The lowest BCUT2D eigenvalue weighted by molar-refractivity contribution is 1.33. The number of aromatic nitrogens is 1. The molecular formula is C29H17NS. The van der Waals surface area contributed by atoms with Crippen LogP contribution in [0, 0.1) is 0 Å². The number of benzene rings is 5. The van der Waals surface area contributed by atoms with Gasteiger partial charge < -0.3 is 0 Å². The van der Waals surface area contributed by atoms with Crippen molar-refractivity contribution in [1.82, 2.24) is 4.98 Å². The van der Waals surface area contributed by atoms with Gasteiger partial charge in [0.25, 0.3) is 0 Å². The summed E-state index contributed by atoms with van der Waals surface area (Å²) >= 11 is 1.88. The maximum atomic E-state index is 4.52. The summed E-state index contributed by atoms with van der Waals surface area (Å²) in [6, 6.07) is 35.3. The van der Waals surface area contributed by atoms with Crippen molar-refractivity contribution in [3.05, 3.63) is 103 Å². The largest absolute Gasteiger partial charge is 0.256 e. The van der Waals surface area contributed by atoms with E-state index in [1.807, 2.05) is 29.7 Å². The minimum Gasteiger partial charge on any atom is -0.256 e. The van der Waals surface area contributed by atoms with E-state index < -0.39 is 0 Å². The molecule has 0 radical (unpaired) electrons. The van der Waals surface area contributed by atoms with Crippen molar-refractivity contribution in [2.75, 3.05) is 0 Å². The minimum atomic E-state index is 1.02. The van der Waals surface area contributed by atoms with E-state index in [4.69, 9.17) is 0 Å². The second-order valence-electron chi connectivity index (χ2n) is 8.09. The molecule has 5 aromatic carbocycles. The molecule has 0 aliphatic heterocycles. The molecule has 31 heavy (non-hydrogen) atoms. The maximum Gasteiger partial charge on any atom is 0.0702 e. The fourth-order valence-electron chi connectivity index (χ4n) is 4.69. The van der Waals surface area contributed by atoms with Crippen LogP contribution in [0.25, 0.3) is 63.7 Å². The van der Waals surface area contributed by atoms with E-state index in [2.05, 4.69) is 89.9 Å². The van der Waals surface area contributed by atoms with Gasteiger partial charge >= 0.3 is 0 Å². The second-order valence-corrected chi connectivity index (χ2v) is 9.14. The Bertz CT molecular complexity index is 1780. The van der Waals surface area contributed by atoms with Gasteiger partial charge in [-0.3, -0.25) is 4.98 Å². The van der Waals surface area contributed by atoms with Gasteiger partial charge in [-0.25, -0.2) is 0 Å². The van der Waals surface area contributed by atoms with Crippen LogP contribution >= 0.6 is 11.3 Å².